The first-order valence-electron chi connectivity index (χ1n) is 6.62. The van der Waals surface area contributed by atoms with Gasteiger partial charge < -0.3 is 5.32 Å². The van der Waals surface area contributed by atoms with Crippen molar-refractivity contribution < 1.29 is 4.39 Å². The van der Waals surface area contributed by atoms with E-state index >= 15 is 0 Å². The van der Waals surface area contributed by atoms with Gasteiger partial charge in [0.05, 0.1) is 11.5 Å². The molecule has 0 saturated carbocycles. The molecule has 0 aliphatic rings. The first kappa shape index (κ1) is 15.5. The molecule has 2 aromatic rings. The van der Waals surface area contributed by atoms with Gasteiger partial charge in [-0.1, -0.05) is 28.1 Å². The molecule has 0 aliphatic carbocycles. The first-order valence-corrected chi connectivity index (χ1v) is 7.41. The molecule has 0 unspecified atom stereocenters. The van der Waals surface area contributed by atoms with Crippen LogP contribution in [0, 0.1) is 17.1 Å². The van der Waals surface area contributed by atoms with Gasteiger partial charge in [0.25, 0.3) is 0 Å². The Balaban J connectivity index is 2.08. The van der Waals surface area contributed by atoms with E-state index in [1.54, 1.807) is 6.07 Å². The largest absolute Gasteiger partial charge is 0.381 e. The zero-order valence-corrected chi connectivity index (χ0v) is 13.5. The van der Waals surface area contributed by atoms with Crippen LogP contribution in [0.5, 0.6) is 0 Å². The molecule has 108 valence electrons. The van der Waals surface area contributed by atoms with Crippen LogP contribution in [0.15, 0.2) is 46.9 Å². The molecule has 0 heterocycles. The second kappa shape index (κ2) is 6.28. The Morgan fingerprint density at radius 1 is 1.19 bits per heavy atom. The van der Waals surface area contributed by atoms with Gasteiger partial charge in [0.1, 0.15) is 5.82 Å². The van der Waals surface area contributed by atoms with Gasteiger partial charge in [-0.05, 0) is 55.3 Å². The number of hydrogen-bond donors (Lipinski definition) is 1. The van der Waals surface area contributed by atoms with E-state index in [1.165, 1.54) is 12.1 Å². The maximum absolute atomic E-state index is 13.2. The highest BCUT2D eigenvalue weighted by Crippen LogP contribution is 2.24. The van der Waals surface area contributed by atoms with E-state index in [1.807, 2.05) is 38.1 Å². The van der Waals surface area contributed by atoms with Gasteiger partial charge in [-0.25, -0.2) is 4.39 Å². The normalized spacial score (nSPS) is 11.0. The second-order valence-corrected chi connectivity index (χ2v) is 6.26. The Hall–Kier alpha value is -1.86. The van der Waals surface area contributed by atoms with Crippen molar-refractivity contribution in [1.82, 2.24) is 0 Å². The van der Waals surface area contributed by atoms with Crippen LogP contribution in [0.3, 0.4) is 0 Å². The van der Waals surface area contributed by atoms with Crippen molar-refractivity contribution in [1.29, 1.82) is 5.26 Å². The summed E-state index contributed by atoms with van der Waals surface area (Å²) < 4.78 is 14.1. The van der Waals surface area contributed by atoms with Crippen LogP contribution in [0.4, 0.5) is 10.1 Å². The summed E-state index contributed by atoms with van der Waals surface area (Å²) in [5.41, 5.74) is 2.27. The summed E-state index contributed by atoms with van der Waals surface area (Å²) >= 11 is 3.41. The Morgan fingerprint density at radius 2 is 1.86 bits per heavy atom. The predicted molar refractivity (Wildman–Crippen MR) is 86.5 cm³/mol. The molecule has 0 bridgehead atoms. The number of nitriles is 1. The van der Waals surface area contributed by atoms with Gasteiger partial charge in [0, 0.05) is 16.7 Å². The molecule has 0 saturated heterocycles. The highest BCUT2D eigenvalue weighted by Gasteiger charge is 2.18. The lowest BCUT2D eigenvalue weighted by Gasteiger charge is -2.16. The Labute approximate surface area is 132 Å². The van der Waals surface area contributed by atoms with Crippen molar-refractivity contribution in [2.45, 2.75) is 25.8 Å². The highest BCUT2D eigenvalue weighted by molar-refractivity contribution is 9.10. The molecule has 0 atom stereocenters. The van der Waals surface area contributed by atoms with E-state index < -0.39 is 5.41 Å². The van der Waals surface area contributed by atoms with Crippen LogP contribution in [-0.2, 0) is 12.0 Å². The first-order chi connectivity index (χ1) is 9.92. The summed E-state index contributed by atoms with van der Waals surface area (Å²) in [6, 6.07) is 14.6. The van der Waals surface area contributed by atoms with E-state index in [4.69, 9.17) is 5.26 Å². The number of halogens is 2. The number of nitrogens with one attached hydrogen (secondary N) is 1. The van der Waals surface area contributed by atoms with Gasteiger partial charge in [-0.2, -0.15) is 5.26 Å². The van der Waals surface area contributed by atoms with Gasteiger partial charge >= 0.3 is 0 Å². The monoisotopic (exact) mass is 346 g/mol. The average molecular weight is 347 g/mol. The van der Waals surface area contributed by atoms with E-state index in [2.05, 4.69) is 27.3 Å². The fourth-order valence-corrected chi connectivity index (χ4v) is 2.33. The molecule has 0 aromatic heterocycles. The molecule has 0 spiro atoms. The fraction of sp³-hybridized carbons (Fsp3) is 0.235. The van der Waals surface area contributed by atoms with E-state index in [9.17, 15) is 4.39 Å². The van der Waals surface area contributed by atoms with Crippen molar-refractivity contribution in [3.05, 3.63) is 63.9 Å². The van der Waals surface area contributed by atoms with Crippen molar-refractivity contribution in [2.75, 3.05) is 5.32 Å². The lowest BCUT2D eigenvalue weighted by Crippen LogP contribution is -2.13. The Kier molecular flexibility index (Phi) is 4.64. The van der Waals surface area contributed by atoms with Crippen molar-refractivity contribution in [3.63, 3.8) is 0 Å². The molecule has 0 radical (unpaired) electrons. The zero-order valence-electron chi connectivity index (χ0n) is 12.0. The van der Waals surface area contributed by atoms with Crippen LogP contribution < -0.4 is 5.32 Å². The van der Waals surface area contributed by atoms with Gasteiger partial charge in [0.2, 0.25) is 0 Å². The quantitative estimate of drug-likeness (QED) is 0.845. The summed E-state index contributed by atoms with van der Waals surface area (Å²) in [7, 11) is 0. The molecule has 21 heavy (non-hydrogen) atoms. The topological polar surface area (TPSA) is 35.8 Å². The summed E-state index contributed by atoms with van der Waals surface area (Å²) in [4.78, 5) is 0. The minimum absolute atomic E-state index is 0.249. The van der Waals surface area contributed by atoms with Crippen molar-refractivity contribution in [3.8, 4) is 6.07 Å². The smallest absolute Gasteiger partial charge is 0.123 e. The molecular weight excluding hydrogens is 331 g/mol. The molecule has 4 heteroatoms. The Morgan fingerprint density at radius 3 is 2.48 bits per heavy atom. The third kappa shape index (κ3) is 3.83. The van der Waals surface area contributed by atoms with Gasteiger partial charge in [-0.15, -0.1) is 0 Å². The standard InChI is InChI=1S/C17H16BrFN2/c1-17(2,11-20)13-3-6-15(7-4-13)21-10-12-9-14(19)5-8-16(12)18/h3-9,21H,10H2,1-2H3. The number of rotatable bonds is 4. The minimum atomic E-state index is -0.496. The van der Waals surface area contributed by atoms with Crippen LogP contribution >= 0.6 is 15.9 Å². The Bertz CT molecular complexity index is 672. The van der Waals surface area contributed by atoms with Gasteiger partial charge in [0.15, 0.2) is 0 Å². The summed E-state index contributed by atoms with van der Waals surface area (Å²) in [6.45, 7) is 4.30. The van der Waals surface area contributed by atoms with E-state index in [0.29, 0.717) is 6.54 Å². The van der Waals surface area contributed by atoms with Crippen LogP contribution in [0.25, 0.3) is 0 Å². The fourth-order valence-electron chi connectivity index (χ4n) is 1.95. The number of benzene rings is 2. The second-order valence-electron chi connectivity index (χ2n) is 5.40. The van der Waals surface area contributed by atoms with Crippen LogP contribution in [0.1, 0.15) is 25.0 Å². The van der Waals surface area contributed by atoms with Crippen molar-refractivity contribution >= 4 is 21.6 Å². The van der Waals surface area contributed by atoms with Gasteiger partial charge in [-0.3, -0.25) is 0 Å². The van der Waals surface area contributed by atoms with Crippen molar-refractivity contribution in [2.24, 2.45) is 0 Å². The van der Waals surface area contributed by atoms with E-state index in [-0.39, 0.29) is 5.82 Å². The summed E-state index contributed by atoms with van der Waals surface area (Å²) in [5, 5.41) is 12.4. The van der Waals surface area contributed by atoms with Crippen LogP contribution in [0.2, 0.25) is 0 Å². The van der Waals surface area contributed by atoms with Crippen LogP contribution in [-0.4, -0.2) is 0 Å². The highest BCUT2D eigenvalue weighted by atomic mass is 79.9. The molecule has 2 rings (SSSR count). The molecule has 0 fully saturated rings. The average Bonchev–Trinajstić information content (AvgIpc) is 2.48. The van der Waals surface area contributed by atoms with E-state index in [0.717, 1.165) is 21.3 Å². The summed E-state index contributed by atoms with van der Waals surface area (Å²) in [5.74, 6) is -0.249. The molecule has 2 aromatic carbocycles. The third-order valence-corrected chi connectivity index (χ3v) is 4.15. The maximum Gasteiger partial charge on any atom is 0.123 e. The molecule has 1 N–H and O–H groups in total. The third-order valence-electron chi connectivity index (χ3n) is 3.38. The molecular formula is C17H16BrFN2. The summed E-state index contributed by atoms with van der Waals surface area (Å²) in [6.07, 6.45) is 0. The number of anilines is 1. The lowest BCUT2D eigenvalue weighted by molar-refractivity contribution is 0.625. The maximum atomic E-state index is 13.2. The minimum Gasteiger partial charge on any atom is -0.381 e. The molecule has 2 nitrogen and oxygen atoms in total. The lowest BCUT2D eigenvalue weighted by atomic mass is 9.86. The number of hydrogen-bond acceptors (Lipinski definition) is 2. The SMILES string of the molecule is CC(C)(C#N)c1ccc(NCc2cc(F)ccc2Br)cc1. The zero-order chi connectivity index (χ0) is 15.5. The predicted octanol–water partition coefficient (Wildman–Crippen LogP) is 5.00. The number of nitrogens with zero attached hydrogens (tertiary/aromatic N) is 1. The molecule has 0 aliphatic heterocycles. The molecule has 0 amide bonds.